The smallest absolute Gasteiger partial charge is 0.306 e. The summed E-state index contributed by atoms with van der Waals surface area (Å²) in [5.74, 6) is -0.957. The molecular formula is C61H98O6. The van der Waals surface area contributed by atoms with E-state index in [0.717, 1.165) is 161 Å². The van der Waals surface area contributed by atoms with Gasteiger partial charge < -0.3 is 14.2 Å². The summed E-state index contributed by atoms with van der Waals surface area (Å²) in [5, 5.41) is 0. The highest BCUT2D eigenvalue weighted by atomic mass is 16.6. The van der Waals surface area contributed by atoms with Gasteiger partial charge in [-0.1, -0.05) is 206 Å². The lowest BCUT2D eigenvalue weighted by Gasteiger charge is -2.18. The van der Waals surface area contributed by atoms with Crippen LogP contribution in [0.25, 0.3) is 0 Å². The van der Waals surface area contributed by atoms with Gasteiger partial charge in [-0.2, -0.15) is 0 Å². The summed E-state index contributed by atoms with van der Waals surface area (Å²) in [6.45, 7) is 6.25. The van der Waals surface area contributed by atoms with Crippen molar-refractivity contribution in [3.63, 3.8) is 0 Å². The fourth-order valence-electron chi connectivity index (χ4n) is 6.99. The largest absolute Gasteiger partial charge is 0.462 e. The molecule has 0 N–H and O–H groups in total. The second kappa shape index (κ2) is 54.4. The Morgan fingerprint density at radius 2 is 0.537 bits per heavy atom. The van der Waals surface area contributed by atoms with E-state index in [2.05, 4.69) is 142 Å². The highest BCUT2D eigenvalue weighted by Gasteiger charge is 2.19. The molecule has 0 aliphatic carbocycles. The molecule has 1 unspecified atom stereocenters. The molecule has 0 rings (SSSR count). The predicted octanol–water partition coefficient (Wildman–Crippen LogP) is 18.1. The number of hydrogen-bond donors (Lipinski definition) is 0. The number of esters is 3. The Morgan fingerprint density at radius 3 is 0.836 bits per heavy atom. The second-order valence-electron chi connectivity index (χ2n) is 17.3. The molecule has 6 nitrogen and oxygen atoms in total. The third-order valence-electron chi connectivity index (χ3n) is 10.9. The number of allylic oxidation sites excluding steroid dienone is 20. The first-order valence-corrected chi connectivity index (χ1v) is 27.0. The Balaban J connectivity index is 4.50. The van der Waals surface area contributed by atoms with Crippen molar-refractivity contribution in [2.75, 3.05) is 13.2 Å². The monoisotopic (exact) mass is 927 g/mol. The van der Waals surface area contributed by atoms with Crippen LogP contribution in [-0.2, 0) is 28.6 Å². The lowest BCUT2D eigenvalue weighted by Crippen LogP contribution is -2.30. The van der Waals surface area contributed by atoms with Gasteiger partial charge in [0, 0.05) is 19.3 Å². The Bertz CT molecular complexity index is 1440. The average molecular weight is 927 g/mol. The summed E-state index contributed by atoms with van der Waals surface area (Å²) in [7, 11) is 0. The zero-order valence-corrected chi connectivity index (χ0v) is 43.1. The van der Waals surface area contributed by atoms with Crippen molar-refractivity contribution >= 4 is 17.9 Å². The van der Waals surface area contributed by atoms with Crippen LogP contribution in [0.4, 0.5) is 0 Å². The van der Waals surface area contributed by atoms with Crippen LogP contribution < -0.4 is 0 Å². The Morgan fingerprint density at radius 1 is 0.299 bits per heavy atom. The van der Waals surface area contributed by atoms with Gasteiger partial charge in [0.1, 0.15) is 13.2 Å². The molecule has 0 spiro atoms. The number of carbonyl (C=O) groups excluding carboxylic acids is 3. The van der Waals surface area contributed by atoms with Gasteiger partial charge in [-0.15, -0.1) is 0 Å². The van der Waals surface area contributed by atoms with Gasteiger partial charge in [0.25, 0.3) is 0 Å². The molecule has 0 saturated heterocycles. The molecule has 6 heteroatoms. The molecule has 0 aromatic rings. The van der Waals surface area contributed by atoms with Crippen molar-refractivity contribution in [1.29, 1.82) is 0 Å². The third kappa shape index (κ3) is 52.6. The van der Waals surface area contributed by atoms with Crippen LogP contribution in [0.3, 0.4) is 0 Å². The maximum Gasteiger partial charge on any atom is 0.306 e. The molecule has 67 heavy (non-hydrogen) atoms. The fraction of sp³-hybridized carbons (Fsp3) is 0.623. The first-order valence-electron chi connectivity index (χ1n) is 27.0. The topological polar surface area (TPSA) is 78.9 Å². The molecule has 0 heterocycles. The van der Waals surface area contributed by atoms with Crippen molar-refractivity contribution in [1.82, 2.24) is 0 Å². The van der Waals surface area contributed by atoms with E-state index in [1.165, 1.54) is 25.7 Å². The molecule has 1 atom stereocenters. The average Bonchev–Trinajstić information content (AvgIpc) is 3.33. The van der Waals surface area contributed by atoms with Crippen molar-refractivity contribution < 1.29 is 28.6 Å². The summed E-state index contributed by atoms with van der Waals surface area (Å²) in [6.07, 6.45) is 74.6. The van der Waals surface area contributed by atoms with E-state index >= 15 is 0 Å². The van der Waals surface area contributed by atoms with E-state index in [1.54, 1.807) is 0 Å². The minimum absolute atomic E-state index is 0.103. The van der Waals surface area contributed by atoms with E-state index in [1.807, 2.05) is 0 Å². The molecule has 0 aromatic carbocycles. The first kappa shape index (κ1) is 62.8. The normalized spacial score (nSPS) is 13.1. The molecular weight excluding hydrogens is 829 g/mol. The zero-order chi connectivity index (χ0) is 48.6. The van der Waals surface area contributed by atoms with E-state index in [4.69, 9.17) is 14.2 Å². The highest BCUT2D eigenvalue weighted by molar-refractivity contribution is 5.71. The van der Waals surface area contributed by atoms with Gasteiger partial charge >= 0.3 is 17.9 Å². The number of hydrogen-bond acceptors (Lipinski definition) is 6. The second-order valence-corrected chi connectivity index (χ2v) is 17.3. The summed E-state index contributed by atoms with van der Waals surface area (Å²) >= 11 is 0. The van der Waals surface area contributed by atoms with Crippen LogP contribution in [0, 0.1) is 0 Å². The lowest BCUT2D eigenvalue weighted by molar-refractivity contribution is -0.167. The molecule has 378 valence electrons. The van der Waals surface area contributed by atoms with Crippen molar-refractivity contribution in [3.8, 4) is 0 Å². The molecule has 0 bridgehead atoms. The molecule has 0 aliphatic rings. The third-order valence-corrected chi connectivity index (χ3v) is 10.9. The number of ether oxygens (including phenoxy) is 3. The van der Waals surface area contributed by atoms with Gasteiger partial charge in [-0.25, -0.2) is 0 Å². The highest BCUT2D eigenvalue weighted by Crippen LogP contribution is 2.13. The Kier molecular flexibility index (Phi) is 51.0. The van der Waals surface area contributed by atoms with Crippen LogP contribution in [-0.4, -0.2) is 37.2 Å². The quantitative estimate of drug-likeness (QED) is 0.0262. The van der Waals surface area contributed by atoms with Crippen molar-refractivity contribution in [2.45, 2.75) is 232 Å². The molecule has 0 fully saturated rings. The minimum atomic E-state index is -0.805. The van der Waals surface area contributed by atoms with Crippen LogP contribution in [0.15, 0.2) is 122 Å². The summed E-state index contributed by atoms with van der Waals surface area (Å²) in [4.78, 5) is 38.1. The SMILES string of the molecule is CC/C=C\C/C=C\C/C=C\C/C=C\CCCCCCC(=O)OCC(COC(=O)CCCCCCC/C=C\C/C=C\C/C=C\CC)OC(=O)CCCCCCCCC/C=C\C/C=C\C/C=C\CC. The van der Waals surface area contributed by atoms with Crippen LogP contribution >= 0.6 is 0 Å². The summed E-state index contributed by atoms with van der Waals surface area (Å²) < 4.78 is 16.8. The fourth-order valence-corrected chi connectivity index (χ4v) is 6.99. The maximum absolute atomic E-state index is 12.8. The number of carbonyl (C=O) groups is 3. The standard InChI is InChI=1S/C61H98O6/c1-4-7-10-13-16-19-22-25-28-30-33-36-39-42-45-48-51-54-60(63)66-57-58(56-65-59(62)53-50-47-44-41-38-35-32-27-24-21-18-15-12-9-6-3)67-61(64)55-52-49-46-43-40-37-34-31-29-26-23-20-17-14-11-8-5-2/h7-12,16-21,25-29,32-33,36,58H,4-6,13-15,22-24,30-31,34-35,37-57H2,1-3H3/b10-7-,11-8-,12-9-,19-16-,20-17-,21-18-,28-25-,29-26-,32-27-,36-33-. The summed E-state index contributed by atoms with van der Waals surface area (Å²) in [5.41, 5.74) is 0. The van der Waals surface area contributed by atoms with Crippen molar-refractivity contribution in [3.05, 3.63) is 122 Å². The van der Waals surface area contributed by atoms with Crippen LogP contribution in [0.5, 0.6) is 0 Å². The van der Waals surface area contributed by atoms with Crippen LogP contribution in [0.2, 0.25) is 0 Å². The first-order chi connectivity index (χ1) is 33.0. The van der Waals surface area contributed by atoms with E-state index in [-0.39, 0.29) is 31.1 Å². The van der Waals surface area contributed by atoms with E-state index in [9.17, 15) is 14.4 Å². The number of rotatable bonds is 47. The van der Waals surface area contributed by atoms with E-state index < -0.39 is 6.10 Å². The van der Waals surface area contributed by atoms with Gasteiger partial charge in [0.05, 0.1) is 0 Å². The van der Waals surface area contributed by atoms with E-state index in [0.29, 0.717) is 19.3 Å². The Hall–Kier alpha value is -4.19. The zero-order valence-electron chi connectivity index (χ0n) is 43.1. The van der Waals surface area contributed by atoms with Crippen molar-refractivity contribution in [2.24, 2.45) is 0 Å². The Labute approximate surface area is 412 Å². The van der Waals surface area contributed by atoms with Gasteiger partial charge in [-0.3, -0.25) is 14.4 Å². The molecule has 0 radical (unpaired) electrons. The van der Waals surface area contributed by atoms with Crippen LogP contribution in [0.1, 0.15) is 226 Å². The number of unbranched alkanes of at least 4 members (excludes halogenated alkanes) is 16. The molecule has 0 saturated carbocycles. The molecule has 0 amide bonds. The van der Waals surface area contributed by atoms with Gasteiger partial charge in [-0.05, 0) is 122 Å². The van der Waals surface area contributed by atoms with Gasteiger partial charge in [0.2, 0.25) is 0 Å². The minimum Gasteiger partial charge on any atom is -0.462 e. The maximum atomic E-state index is 12.8. The van der Waals surface area contributed by atoms with Gasteiger partial charge in [0.15, 0.2) is 6.10 Å². The molecule has 0 aliphatic heterocycles. The molecule has 0 aromatic heterocycles. The predicted molar refractivity (Wildman–Crippen MR) is 288 cm³/mol. The lowest BCUT2D eigenvalue weighted by atomic mass is 10.1. The summed E-state index contributed by atoms with van der Waals surface area (Å²) in [6, 6.07) is 0.